The molecule has 1 saturated carbocycles. The largest absolute Gasteiger partial charge is 0.382 e. The van der Waals surface area contributed by atoms with E-state index in [0.717, 1.165) is 32.0 Å². The maximum atomic E-state index is 5.88. The number of rotatable bonds is 10. The van der Waals surface area contributed by atoms with Crippen molar-refractivity contribution in [3.8, 4) is 0 Å². The van der Waals surface area contributed by atoms with E-state index in [1.807, 2.05) is 12.4 Å². The van der Waals surface area contributed by atoms with Crippen molar-refractivity contribution in [2.45, 2.75) is 37.8 Å². The van der Waals surface area contributed by atoms with Crippen molar-refractivity contribution in [3.05, 3.63) is 30.1 Å². The Balaban J connectivity index is 1.58. The quantitative estimate of drug-likeness (QED) is 0.654. The predicted octanol–water partition coefficient (Wildman–Crippen LogP) is 1.80. The number of methoxy groups -OCH3 is 1. The fourth-order valence-corrected chi connectivity index (χ4v) is 2.01. The third-order valence-corrected chi connectivity index (χ3v) is 3.28. The molecule has 4 heteroatoms. The van der Waals surface area contributed by atoms with Crippen LogP contribution in [-0.2, 0) is 15.9 Å². The minimum absolute atomic E-state index is 0.169. The van der Waals surface area contributed by atoms with Gasteiger partial charge in [-0.2, -0.15) is 0 Å². The van der Waals surface area contributed by atoms with Gasteiger partial charge < -0.3 is 14.8 Å². The van der Waals surface area contributed by atoms with E-state index in [9.17, 15) is 0 Å². The van der Waals surface area contributed by atoms with Gasteiger partial charge in [0.25, 0.3) is 0 Å². The molecule has 0 spiro atoms. The highest BCUT2D eigenvalue weighted by Gasteiger charge is 2.22. The Morgan fingerprint density at radius 2 is 2.16 bits per heavy atom. The second-order valence-corrected chi connectivity index (χ2v) is 5.09. The molecule has 1 heterocycles. The number of ether oxygens (including phenoxy) is 2. The molecule has 1 aliphatic carbocycles. The zero-order valence-corrected chi connectivity index (χ0v) is 11.7. The molecule has 0 bridgehead atoms. The summed E-state index contributed by atoms with van der Waals surface area (Å²) in [6.45, 7) is 2.34. The van der Waals surface area contributed by atoms with Crippen LogP contribution in [0.4, 0.5) is 0 Å². The fourth-order valence-electron chi connectivity index (χ4n) is 2.01. The molecule has 1 unspecified atom stereocenters. The van der Waals surface area contributed by atoms with Gasteiger partial charge >= 0.3 is 0 Å². The molecule has 2 rings (SSSR count). The molecular weight excluding hydrogens is 240 g/mol. The average Bonchev–Trinajstić information content (AvgIpc) is 3.26. The maximum absolute atomic E-state index is 5.88. The predicted molar refractivity (Wildman–Crippen MR) is 75.2 cm³/mol. The van der Waals surface area contributed by atoms with Crippen molar-refractivity contribution in [2.24, 2.45) is 0 Å². The van der Waals surface area contributed by atoms with Crippen LogP contribution in [0.5, 0.6) is 0 Å². The van der Waals surface area contributed by atoms with Crippen LogP contribution in [-0.4, -0.2) is 44.0 Å². The van der Waals surface area contributed by atoms with E-state index >= 15 is 0 Å². The number of hydrogen-bond donors (Lipinski definition) is 1. The van der Waals surface area contributed by atoms with Crippen LogP contribution in [0.25, 0.3) is 0 Å². The number of pyridine rings is 1. The SMILES string of the molecule is COCC(CNC1CC1)OCCCc1ccncc1. The van der Waals surface area contributed by atoms with Crippen LogP contribution < -0.4 is 5.32 Å². The highest BCUT2D eigenvalue weighted by molar-refractivity contribution is 5.09. The molecule has 0 aromatic carbocycles. The first-order valence-corrected chi connectivity index (χ1v) is 7.11. The molecule has 0 amide bonds. The van der Waals surface area contributed by atoms with Crippen LogP contribution in [0.3, 0.4) is 0 Å². The van der Waals surface area contributed by atoms with Crippen LogP contribution in [0.1, 0.15) is 24.8 Å². The molecule has 1 atom stereocenters. The van der Waals surface area contributed by atoms with Crippen molar-refractivity contribution in [2.75, 3.05) is 26.9 Å². The first-order valence-electron chi connectivity index (χ1n) is 7.11. The zero-order chi connectivity index (χ0) is 13.3. The van der Waals surface area contributed by atoms with Crippen LogP contribution in [0, 0.1) is 0 Å². The summed E-state index contributed by atoms with van der Waals surface area (Å²) >= 11 is 0. The molecule has 0 saturated heterocycles. The van der Waals surface area contributed by atoms with Gasteiger partial charge in [-0.25, -0.2) is 0 Å². The van der Waals surface area contributed by atoms with Crippen molar-refractivity contribution in [1.82, 2.24) is 10.3 Å². The summed E-state index contributed by atoms with van der Waals surface area (Å²) in [6.07, 6.45) is 8.53. The summed E-state index contributed by atoms with van der Waals surface area (Å²) in [4.78, 5) is 4.02. The minimum Gasteiger partial charge on any atom is -0.382 e. The smallest absolute Gasteiger partial charge is 0.0932 e. The van der Waals surface area contributed by atoms with Gasteiger partial charge in [-0.3, -0.25) is 4.98 Å². The van der Waals surface area contributed by atoms with Gasteiger partial charge in [-0.15, -0.1) is 0 Å². The summed E-state index contributed by atoms with van der Waals surface area (Å²) in [5.41, 5.74) is 1.32. The molecular formula is C15H24N2O2. The Hall–Kier alpha value is -0.970. The van der Waals surface area contributed by atoms with Gasteiger partial charge in [-0.1, -0.05) is 0 Å². The molecule has 0 radical (unpaired) electrons. The van der Waals surface area contributed by atoms with E-state index in [0.29, 0.717) is 6.61 Å². The van der Waals surface area contributed by atoms with E-state index in [2.05, 4.69) is 22.4 Å². The van der Waals surface area contributed by atoms with Gasteiger partial charge in [0.2, 0.25) is 0 Å². The first-order chi connectivity index (χ1) is 9.38. The summed E-state index contributed by atoms with van der Waals surface area (Å²) in [5, 5.41) is 3.49. The number of aryl methyl sites for hydroxylation is 1. The van der Waals surface area contributed by atoms with Crippen LogP contribution in [0.15, 0.2) is 24.5 Å². The van der Waals surface area contributed by atoms with E-state index in [-0.39, 0.29) is 6.10 Å². The van der Waals surface area contributed by atoms with Gasteiger partial charge in [0, 0.05) is 38.7 Å². The Kier molecular flexibility index (Phi) is 6.27. The van der Waals surface area contributed by atoms with Crippen LogP contribution in [0.2, 0.25) is 0 Å². The lowest BCUT2D eigenvalue weighted by Gasteiger charge is -2.17. The molecule has 4 nitrogen and oxygen atoms in total. The molecule has 19 heavy (non-hydrogen) atoms. The van der Waals surface area contributed by atoms with Gasteiger partial charge in [0.15, 0.2) is 0 Å². The van der Waals surface area contributed by atoms with Gasteiger partial charge in [0.05, 0.1) is 12.7 Å². The molecule has 106 valence electrons. The summed E-state index contributed by atoms with van der Waals surface area (Å²) < 4.78 is 11.1. The Labute approximate surface area is 115 Å². The summed E-state index contributed by atoms with van der Waals surface area (Å²) in [5.74, 6) is 0. The second kappa shape index (κ2) is 8.25. The Morgan fingerprint density at radius 1 is 1.37 bits per heavy atom. The highest BCUT2D eigenvalue weighted by Crippen LogP contribution is 2.18. The highest BCUT2D eigenvalue weighted by atomic mass is 16.5. The molecule has 1 aliphatic rings. The summed E-state index contributed by atoms with van der Waals surface area (Å²) in [6, 6.07) is 4.84. The zero-order valence-electron chi connectivity index (χ0n) is 11.7. The van der Waals surface area contributed by atoms with Crippen LogP contribution >= 0.6 is 0 Å². The minimum atomic E-state index is 0.169. The van der Waals surface area contributed by atoms with E-state index in [1.54, 1.807) is 7.11 Å². The third-order valence-electron chi connectivity index (χ3n) is 3.28. The first kappa shape index (κ1) is 14.4. The normalized spacial score (nSPS) is 16.5. The lowest BCUT2D eigenvalue weighted by molar-refractivity contribution is -0.00192. The van der Waals surface area contributed by atoms with Crippen molar-refractivity contribution in [3.63, 3.8) is 0 Å². The Bertz CT molecular complexity index is 341. The second-order valence-electron chi connectivity index (χ2n) is 5.09. The molecule has 1 fully saturated rings. The molecule has 1 aromatic rings. The standard InChI is InChI=1S/C15H24N2O2/c1-18-12-15(11-17-14-4-5-14)19-10-2-3-13-6-8-16-9-7-13/h6-9,14-15,17H,2-5,10-12H2,1H3. The van der Waals surface area contributed by atoms with E-state index in [4.69, 9.17) is 9.47 Å². The molecule has 0 aliphatic heterocycles. The topological polar surface area (TPSA) is 43.4 Å². The van der Waals surface area contributed by atoms with E-state index < -0.39 is 0 Å². The van der Waals surface area contributed by atoms with E-state index in [1.165, 1.54) is 18.4 Å². The number of nitrogens with one attached hydrogen (secondary N) is 1. The van der Waals surface area contributed by atoms with Crippen molar-refractivity contribution < 1.29 is 9.47 Å². The molecule has 1 aromatic heterocycles. The third kappa shape index (κ3) is 6.14. The Morgan fingerprint density at radius 3 is 2.84 bits per heavy atom. The van der Waals surface area contributed by atoms with Crippen molar-refractivity contribution in [1.29, 1.82) is 0 Å². The maximum Gasteiger partial charge on any atom is 0.0932 e. The van der Waals surface area contributed by atoms with Crippen molar-refractivity contribution >= 4 is 0 Å². The average molecular weight is 264 g/mol. The summed E-state index contributed by atoms with van der Waals surface area (Å²) in [7, 11) is 1.73. The fraction of sp³-hybridized carbons (Fsp3) is 0.667. The molecule has 1 N–H and O–H groups in total. The number of hydrogen-bond acceptors (Lipinski definition) is 4. The monoisotopic (exact) mass is 264 g/mol. The van der Waals surface area contributed by atoms with Gasteiger partial charge in [0.1, 0.15) is 0 Å². The number of nitrogens with zero attached hydrogens (tertiary/aromatic N) is 1. The lowest BCUT2D eigenvalue weighted by Crippen LogP contribution is -2.34. The van der Waals surface area contributed by atoms with Gasteiger partial charge in [-0.05, 0) is 43.4 Å². The lowest BCUT2D eigenvalue weighted by atomic mass is 10.1. The number of aromatic nitrogens is 1.